The minimum absolute atomic E-state index is 0.191. The Kier molecular flexibility index (Phi) is 5.31. The predicted molar refractivity (Wildman–Crippen MR) is 117 cm³/mol. The summed E-state index contributed by atoms with van der Waals surface area (Å²) in [7, 11) is 3.50. The first kappa shape index (κ1) is 19.5. The molecule has 3 aromatic rings. The summed E-state index contributed by atoms with van der Waals surface area (Å²) >= 11 is 0. The van der Waals surface area contributed by atoms with Crippen LogP contribution in [0.25, 0.3) is 0 Å². The van der Waals surface area contributed by atoms with Gasteiger partial charge in [-0.25, -0.2) is 0 Å². The van der Waals surface area contributed by atoms with Crippen LogP contribution in [0, 0.1) is 13.8 Å². The minimum Gasteiger partial charge on any atom is -0.496 e. The summed E-state index contributed by atoms with van der Waals surface area (Å²) in [5, 5.41) is 0. The van der Waals surface area contributed by atoms with E-state index in [2.05, 4.69) is 69.3 Å². The number of pyridine rings is 1. The smallest absolute Gasteiger partial charge is 0.128 e. The van der Waals surface area contributed by atoms with Gasteiger partial charge < -0.3 is 9.47 Å². The fraction of sp³-hybridized carbons (Fsp3) is 0.346. The SMILES string of the molecule is CCC1c2c(ncc(C)c2OC)C(c2ccc(OC)c(C)c2)C1c1ccccc1. The zero-order chi connectivity index (χ0) is 20.5. The highest BCUT2D eigenvalue weighted by molar-refractivity contribution is 5.56. The Labute approximate surface area is 173 Å². The van der Waals surface area contributed by atoms with Gasteiger partial charge in [-0.1, -0.05) is 49.4 Å². The maximum absolute atomic E-state index is 5.89. The summed E-state index contributed by atoms with van der Waals surface area (Å²) in [6, 6.07) is 17.4. The lowest BCUT2D eigenvalue weighted by Gasteiger charge is -2.26. The van der Waals surface area contributed by atoms with Crippen LogP contribution in [-0.2, 0) is 0 Å². The van der Waals surface area contributed by atoms with Crippen LogP contribution in [0.4, 0.5) is 0 Å². The Hall–Kier alpha value is -2.81. The monoisotopic (exact) mass is 387 g/mol. The number of rotatable bonds is 5. The van der Waals surface area contributed by atoms with Gasteiger partial charge in [0.05, 0.1) is 19.9 Å². The number of hydrogen-bond acceptors (Lipinski definition) is 3. The van der Waals surface area contributed by atoms with Crippen molar-refractivity contribution in [1.82, 2.24) is 4.98 Å². The third-order valence-electron chi connectivity index (χ3n) is 6.34. The normalized spacial score (nSPS) is 20.4. The van der Waals surface area contributed by atoms with Crippen LogP contribution >= 0.6 is 0 Å². The van der Waals surface area contributed by atoms with Gasteiger partial charge in [-0.05, 0) is 48.9 Å². The van der Waals surface area contributed by atoms with Gasteiger partial charge in [0.2, 0.25) is 0 Å². The summed E-state index contributed by atoms with van der Waals surface area (Å²) in [6.07, 6.45) is 3.00. The molecule has 0 amide bonds. The van der Waals surface area contributed by atoms with E-state index < -0.39 is 0 Å². The van der Waals surface area contributed by atoms with E-state index in [1.165, 1.54) is 16.7 Å². The van der Waals surface area contributed by atoms with Gasteiger partial charge in [0.25, 0.3) is 0 Å². The second-order valence-electron chi connectivity index (χ2n) is 7.93. The maximum atomic E-state index is 5.89. The second kappa shape index (κ2) is 7.90. The highest BCUT2D eigenvalue weighted by Gasteiger charge is 2.44. The van der Waals surface area contributed by atoms with Crippen LogP contribution in [0.2, 0.25) is 0 Å². The molecule has 3 nitrogen and oxygen atoms in total. The third-order valence-corrected chi connectivity index (χ3v) is 6.34. The van der Waals surface area contributed by atoms with Crippen LogP contribution < -0.4 is 9.47 Å². The molecular formula is C26H29NO2. The summed E-state index contributed by atoms with van der Waals surface area (Å²) in [5.41, 5.74) is 7.32. The molecule has 1 aromatic heterocycles. The molecule has 150 valence electrons. The van der Waals surface area contributed by atoms with Gasteiger partial charge in [0, 0.05) is 29.2 Å². The fourth-order valence-electron chi connectivity index (χ4n) is 5.10. The number of aromatic nitrogens is 1. The Balaban J connectivity index is 1.97. The standard InChI is InChI=1S/C26H29NO2/c1-6-20-22(18-10-8-7-9-11-18)23(19-12-13-21(28-4)16(2)14-19)25-24(20)26(29-5)17(3)15-27-25/h7-15,20,22-23H,6H2,1-5H3. The molecule has 0 bridgehead atoms. The molecule has 2 aromatic carbocycles. The van der Waals surface area contributed by atoms with E-state index in [-0.39, 0.29) is 5.92 Å². The molecule has 3 unspecified atom stereocenters. The first-order valence-corrected chi connectivity index (χ1v) is 10.3. The first-order chi connectivity index (χ1) is 14.1. The molecule has 0 spiro atoms. The molecule has 3 heteroatoms. The molecule has 3 atom stereocenters. The number of benzene rings is 2. The molecule has 29 heavy (non-hydrogen) atoms. The van der Waals surface area contributed by atoms with Crippen LogP contribution in [0.5, 0.6) is 11.5 Å². The zero-order valence-electron chi connectivity index (χ0n) is 17.9. The van der Waals surface area contributed by atoms with E-state index >= 15 is 0 Å². The maximum Gasteiger partial charge on any atom is 0.128 e. The second-order valence-corrected chi connectivity index (χ2v) is 7.93. The summed E-state index contributed by atoms with van der Waals surface area (Å²) < 4.78 is 11.4. The zero-order valence-corrected chi connectivity index (χ0v) is 17.9. The molecule has 1 heterocycles. The molecule has 1 aliphatic rings. The van der Waals surface area contributed by atoms with E-state index in [9.17, 15) is 0 Å². The van der Waals surface area contributed by atoms with Crippen molar-refractivity contribution in [1.29, 1.82) is 0 Å². The number of hydrogen-bond donors (Lipinski definition) is 0. The average molecular weight is 388 g/mol. The van der Waals surface area contributed by atoms with Gasteiger partial charge in [-0.2, -0.15) is 0 Å². The Bertz CT molecular complexity index is 1010. The van der Waals surface area contributed by atoms with Crippen molar-refractivity contribution >= 4 is 0 Å². The lowest BCUT2D eigenvalue weighted by molar-refractivity contribution is 0.399. The van der Waals surface area contributed by atoms with E-state index in [0.717, 1.165) is 34.7 Å². The number of fused-ring (bicyclic) bond motifs is 1. The van der Waals surface area contributed by atoms with E-state index in [4.69, 9.17) is 14.5 Å². The summed E-state index contributed by atoms with van der Waals surface area (Å²) in [5.74, 6) is 2.80. The van der Waals surface area contributed by atoms with Crippen LogP contribution in [0.3, 0.4) is 0 Å². The molecule has 1 aliphatic carbocycles. The minimum atomic E-state index is 0.191. The van der Waals surface area contributed by atoms with Crippen molar-refractivity contribution in [2.75, 3.05) is 14.2 Å². The molecule has 0 N–H and O–H groups in total. The quantitative estimate of drug-likeness (QED) is 0.527. The predicted octanol–water partition coefficient (Wildman–Crippen LogP) is 6.14. The number of methoxy groups -OCH3 is 2. The molecule has 0 saturated carbocycles. The van der Waals surface area contributed by atoms with Crippen molar-refractivity contribution < 1.29 is 9.47 Å². The van der Waals surface area contributed by atoms with E-state index in [1.54, 1.807) is 14.2 Å². The number of ether oxygens (including phenoxy) is 2. The molecular weight excluding hydrogens is 358 g/mol. The highest BCUT2D eigenvalue weighted by atomic mass is 16.5. The lowest BCUT2D eigenvalue weighted by Crippen LogP contribution is -2.12. The molecule has 0 fully saturated rings. The van der Waals surface area contributed by atoms with Gasteiger partial charge in [-0.3, -0.25) is 4.98 Å². The van der Waals surface area contributed by atoms with Crippen molar-refractivity contribution in [3.05, 3.63) is 88.2 Å². The van der Waals surface area contributed by atoms with Crippen molar-refractivity contribution in [2.45, 2.75) is 44.9 Å². The van der Waals surface area contributed by atoms with Gasteiger partial charge in [0.1, 0.15) is 11.5 Å². The first-order valence-electron chi connectivity index (χ1n) is 10.3. The van der Waals surface area contributed by atoms with Crippen LogP contribution in [0.15, 0.2) is 54.7 Å². The van der Waals surface area contributed by atoms with Gasteiger partial charge in [-0.15, -0.1) is 0 Å². The van der Waals surface area contributed by atoms with Crippen LogP contribution in [-0.4, -0.2) is 19.2 Å². The Morgan fingerprint density at radius 3 is 2.28 bits per heavy atom. The van der Waals surface area contributed by atoms with Crippen molar-refractivity contribution in [3.8, 4) is 11.5 Å². The Morgan fingerprint density at radius 1 is 0.897 bits per heavy atom. The molecule has 0 aliphatic heterocycles. The van der Waals surface area contributed by atoms with Crippen LogP contribution in [0.1, 0.15) is 64.6 Å². The number of aryl methyl sites for hydroxylation is 2. The third kappa shape index (κ3) is 3.19. The van der Waals surface area contributed by atoms with E-state index in [0.29, 0.717) is 11.8 Å². The van der Waals surface area contributed by atoms with Gasteiger partial charge >= 0.3 is 0 Å². The molecule has 4 rings (SSSR count). The summed E-state index contributed by atoms with van der Waals surface area (Å²) in [6.45, 7) is 6.46. The lowest BCUT2D eigenvalue weighted by atomic mass is 9.77. The van der Waals surface area contributed by atoms with E-state index in [1.807, 2.05) is 6.20 Å². The average Bonchev–Trinajstić information content (AvgIpc) is 3.08. The molecule has 0 radical (unpaired) electrons. The largest absolute Gasteiger partial charge is 0.496 e. The fourth-order valence-corrected chi connectivity index (χ4v) is 5.10. The number of nitrogens with zero attached hydrogens (tertiary/aromatic N) is 1. The Morgan fingerprint density at radius 2 is 1.66 bits per heavy atom. The van der Waals surface area contributed by atoms with Gasteiger partial charge in [0.15, 0.2) is 0 Å². The molecule has 0 saturated heterocycles. The highest BCUT2D eigenvalue weighted by Crippen LogP contribution is 2.58. The summed E-state index contributed by atoms with van der Waals surface area (Å²) in [4.78, 5) is 4.96. The van der Waals surface area contributed by atoms with Crippen molar-refractivity contribution in [3.63, 3.8) is 0 Å². The van der Waals surface area contributed by atoms with Crippen molar-refractivity contribution in [2.24, 2.45) is 0 Å². The topological polar surface area (TPSA) is 31.4 Å².